The van der Waals surface area contributed by atoms with E-state index in [1.165, 1.54) is 12.1 Å². The fraction of sp³-hybridized carbons (Fsp3) is 0.333. The number of rotatable bonds is 3. The van der Waals surface area contributed by atoms with E-state index in [2.05, 4.69) is 11.1 Å². The van der Waals surface area contributed by atoms with Crippen LogP contribution in [0.25, 0.3) is 10.9 Å². The molecule has 0 saturated heterocycles. The Morgan fingerprint density at radius 2 is 2.23 bits per heavy atom. The number of ether oxygens (including phenoxy) is 1. The zero-order valence-corrected chi connectivity index (χ0v) is 12.5. The molecule has 22 heavy (non-hydrogen) atoms. The molecule has 3 nitrogen and oxygen atoms in total. The molecule has 0 bridgehead atoms. The van der Waals surface area contributed by atoms with Gasteiger partial charge in [-0.25, -0.2) is 4.39 Å². The van der Waals surface area contributed by atoms with Gasteiger partial charge in [0.1, 0.15) is 5.82 Å². The summed E-state index contributed by atoms with van der Waals surface area (Å²) in [6.07, 6.45) is 7.79. The minimum Gasteiger partial charge on any atom is -0.465 e. The maximum Gasteiger partial charge on any atom is 0.316 e. The van der Waals surface area contributed by atoms with Crippen molar-refractivity contribution in [1.29, 1.82) is 0 Å². The molecule has 114 valence electrons. The number of hydrogen-bond donors (Lipinski definition) is 0. The van der Waals surface area contributed by atoms with Crippen LogP contribution in [-0.4, -0.2) is 17.6 Å². The quantitative estimate of drug-likeness (QED) is 0.637. The number of allylic oxidation sites excluding steroid dienone is 2. The summed E-state index contributed by atoms with van der Waals surface area (Å²) in [6.45, 7) is 2.14. The van der Waals surface area contributed by atoms with E-state index in [1.807, 2.05) is 12.1 Å². The van der Waals surface area contributed by atoms with Crippen molar-refractivity contribution < 1.29 is 13.9 Å². The van der Waals surface area contributed by atoms with Crippen LogP contribution >= 0.6 is 0 Å². The monoisotopic (exact) mass is 299 g/mol. The van der Waals surface area contributed by atoms with Crippen LogP contribution in [0.1, 0.15) is 31.7 Å². The Kier molecular flexibility index (Phi) is 3.92. The lowest BCUT2D eigenvalue weighted by atomic mass is 9.71. The van der Waals surface area contributed by atoms with Gasteiger partial charge in [-0.15, -0.1) is 0 Å². The number of esters is 1. The van der Waals surface area contributed by atoms with Gasteiger partial charge in [0.05, 0.1) is 17.5 Å². The van der Waals surface area contributed by atoms with E-state index >= 15 is 0 Å². The number of carbonyl (C=O) groups is 1. The predicted molar refractivity (Wildman–Crippen MR) is 83.0 cm³/mol. The number of carbonyl (C=O) groups excluding carboxylic acids is 1. The molecule has 4 heteroatoms. The summed E-state index contributed by atoms with van der Waals surface area (Å²) >= 11 is 0. The zero-order valence-electron chi connectivity index (χ0n) is 12.5. The number of pyridine rings is 1. The number of fused-ring (bicyclic) bond motifs is 1. The van der Waals surface area contributed by atoms with Gasteiger partial charge < -0.3 is 4.74 Å². The van der Waals surface area contributed by atoms with Crippen LogP contribution in [0.2, 0.25) is 0 Å². The molecule has 1 heterocycles. The molecule has 1 unspecified atom stereocenters. The van der Waals surface area contributed by atoms with E-state index in [0.717, 1.165) is 12.0 Å². The Morgan fingerprint density at radius 1 is 1.36 bits per heavy atom. The third kappa shape index (κ3) is 2.39. The minimum absolute atomic E-state index is 0.240. The van der Waals surface area contributed by atoms with Gasteiger partial charge in [-0.05, 0) is 56.0 Å². The summed E-state index contributed by atoms with van der Waals surface area (Å²) in [5, 5.41) is 0.686. The molecule has 3 rings (SSSR count). The second kappa shape index (κ2) is 5.87. The molecule has 0 N–H and O–H groups in total. The second-order valence-electron chi connectivity index (χ2n) is 5.54. The lowest BCUT2D eigenvalue weighted by molar-refractivity contribution is -0.150. The SMILES string of the molecule is CCOC(=O)C1(c2ccnc3ccc(F)cc23)CC=CCC1. The Hall–Kier alpha value is -2.23. The van der Waals surface area contributed by atoms with E-state index < -0.39 is 5.41 Å². The highest BCUT2D eigenvalue weighted by Crippen LogP contribution is 2.41. The van der Waals surface area contributed by atoms with Gasteiger partial charge in [0.2, 0.25) is 0 Å². The van der Waals surface area contributed by atoms with Crippen LogP contribution < -0.4 is 0 Å². The third-order valence-corrected chi connectivity index (χ3v) is 4.26. The largest absolute Gasteiger partial charge is 0.465 e. The molecule has 1 aliphatic rings. The molecule has 0 saturated carbocycles. The van der Waals surface area contributed by atoms with Crippen LogP contribution in [0.15, 0.2) is 42.6 Å². The second-order valence-corrected chi connectivity index (χ2v) is 5.54. The fourth-order valence-electron chi connectivity index (χ4n) is 3.18. The van der Waals surface area contributed by atoms with Crippen molar-refractivity contribution in [3.8, 4) is 0 Å². The van der Waals surface area contributed by atoms with Crippen LogP contribution in [-0.2, 0) is 14.9 Å². The van der Waals surface area contributed by atoms with Gasteiger partial charge in [-0.1, -0.05) is 12.2 Å². The molecule has 0 amide bonds. The first-order chi connectivity index (χ1) is 10.7. The highest BCUT2D eigenvalue weighted by atomic mass is 19.1. The highest BCUT2D eigenvalue weighted by molar-refractivity contribution is 5.92. The molecule has 1 aromatic heterocycles. The lowest BCUT2D eigenvalue weighted by Gasteiger charge is -2.33. The van der Waals surface area contributed by atoms with Gasteiger partial charge in [0.25, 0.3) is 0 Å². The van der Waals surface area contributed by atoms with E-state index in [0.29, 0.717) is 30.4 Å². The first-order valence-corrected chi connectivity index (χ1v) is 7.54. The topological polar surface area (TPSA) is 39.2 Å². The van der Waals surface area contributed by atoms with Gasteiger partial charge in [-0.2, -0.15) is 0 Å². The van der Waals surface area contributed by atoms with Crippen molar-refractivity contribution in [1.82, 2.24) is 4.98 Å². The van der Waals surface area contributed by atoms with Crippen molar-refractivity contribution in [2.24, 2.45) is 0 Å². The van der Waals surface area contributed by atoms with Crippen LogP contribution in [0, 0.1) is 5.82 Å². The van der Waals surface area contributed by atoms with Gasteiger partial charge in [0, 0.05) is 11.6 Å². The lowest BCUT2D eigenvalue weighted by Crippen LogP contribution is -2.38. The Labute approximate surface area is 128 Å². The minimum atomic E-state index is -0.750. The summed E-state index contributed by atoms with van der Waals surface area (Å²) in [6, 6.07) is 6.30. The van der Waals surface area contributed by atoms with Crippen LogP contribution in [0.4, 0.5) is 4.39 Å². The molecular weight excluding hydrogens is 281 g/mol. The predicted octanol–water partition coefficient (Wildman–Crippen LogP) is 3.91. The summed E-state index contributed by atoms with van der Waals surface area (Å²) < 4.78 is 19.0. The molecule has 2 aromatic rings. The zero-order chi connectivity index (χ0) is 15.6. The number of halogens is 1. The van der Waals surface area contributed by atoms with Gasteiger partial charge >= 0.3 is 5.97 Å². The van der Waals surface area contributed by atoms with Gasteiger partial charge in [-0.3, -0.25) is 9.78 Å². The van der Waals surface area contributed by atoms with Gasteiger partial charge in [0.15, 0.2) is 0 Å². The number of aromatic nitrogens is 1. The van der Waals surface area contributed by atoms with Crippen LogP contribution in [0.5, 0.6) is 0 Å². The number of nitrogens with zero attached hydrogens (tertiary/aromatic N) is 1. The van der Waals surface area contributed by atoms with Crippen molar-refractivity contribution in [2.75, 3.05) is 6.61 Å². The summed E-state index contributed by atoms with van der Waals surface area (Å²) in [7, 11) is 0. The molecule has 0 fully saturated rings. The Morgan fingerprint density at radius 3 is 2.95 bits per heavy atom. The number of benzene rings is 1. The molecule has 1 aromatic carbocycles. The summed E-state index contributed by atoms with van der Waals surface area (Å²) in [4.78, 5) is 17.0. The first kappa shape index (κ1) is 14.7. The van der Waals surface area contributed by atoms with Crippen LogP contribution in [0.3, 0.4) is 0 Å². The van der Waals surface area contributed by atoms with Crippen molar-refractivity contribution in [3.05, 3.63) is 54.0 Å². The standard InChI is InChI=1S/C18H18FNO2/c1-2-22-17(21)18(9-4-3-5-10-18)15-8-11-20-16-7-6-13(19)12-14(15)16/h3-4,6-8,11-12H,2,5,9-10H2,1H3. The normalized spacial score (nSPS) is 21.0. The number of hydrogen-bond acceptors (Lipinski definition) is 3. The van der Waals surface area contributed by atoms with E-state index in [4.69, 9.17) is 4.74 Å². The summed E-state index contributed by atoms with van der Waals surface area (Å²) in [5.41, 5.74) is 0.747. The molecule has 0 aliphatic heterocycles. The third-order valence-electron chi connectivity index (χ3n) is 4.26. The molecular formula is C18H18FNO2. The molecule has 0 spiro atoms. The van der Waals surface area contributed by atoms with E-state index in [-0.39, 0.29) is 11.8 Å². The highest BCUT2D eigenvalue weighted by Gasteiger charge is 2.42. The maximum atomic E-state index is 13.7. The summed E-state index contributed by atoms with van der Waals surface area (Å²) in [5.74, 6) is -0.566. The maximum absolute atomic E-state index is 13.7. The molecule has 1 atom stereocenters. The average Bonchev–Trinajstić information content (AvgIpc) is 2.55. The average molecular weight is 299 g/mol. The fourth-order valence-corrected chi connectivity index (χ4v) is 3.18. The van der Waals surface area contributed by atoms with Crippen molar-refractivity contribution in [2.45, 2.75) is 31.6 Å². The Bertz CT molecular complexity index is 741. The van der Waals surface area contributed by atoms with E-state index in [1.54, 1.807) is 19.2 Å². The first-order valence-electron chi connectivity index (χ1n) is 7.54. The van der Waals surface area contributed by atoms with Crippen molar-refractivity contribution in [3.63, 3.8) is 0 Å². The van der Waals surface area contributed by atoms with E-state index in [9.17, 15) is 9.18 Å². The smallest absolute Gasteiger partial charge is 0.316 e. The molecule has 1 aliphatic carbocycles. The molecule has 0 radical (unpaired) electrons. The van der Waals surface area contributed by atoms with Crippen molar-refractivity contribution >= 4 is 16.9 Å². The Balaban J connectivity index is 2.22.